The predicted octanol–water partition coefficient (Wildman–Crippen LogP) is 4.55. The van der Waals surface area contributed by atoms with Gasteiger partial charge in [-0.05, 0) is 44.4 Å². The van der Waals surface area contributed by atoms with Crippen LogP contribution in [0.1, 0.15) is 62.8 Å². The van der Waals surface area contributed by atoms with Crippen molar-refractivity contribution >= 4 is 17.4 Å². The smallest absolute Gasteiger partial charge is 0.137 e. The molecule has 0 saturated heterocycles. The van der Waals surface area contributed by atoms with E-state index in [4.69, 9.17) is 16.6 Å². The van der Waals surface area contributed by atoms with Crippen LogP contribution in [0.2, 0.25) is 5.15 Å². The third kappa shape index (κ3) is 3.25. The van der Waals surface area contributed by atoms with Crippen LogP contribution in [0.5, 0.6) is 0 Å². The van der Waals surface area contributed by atoms with E-state index in [0.29, 0.717) is 11.1 Å². The highest BCUT2D eigenvalue weighted by Crippen LogP contribution is 2.39. The lowest BCUT2D eigenvalue weighted by Gasteiger charge is -2.27. The van der Waals surface area contributed by atoms with E-state index in [1.54, 1.807) is 0 Å². The van der Waals surface area contributed by atoms with Crippen molar-refractivity contribution < 1.29 is 0 Å². The van der Waals surface area contributed by atoms with Crippen LogP contribution in [0.15, 0.2) is 0 Å². The highest BCUT2D eigenvalue weighted by Gasteiger charge is 2.28. The first-order chi connectivity index (χ1) is 9.63. The molecule has 0 bridgehead atoms. The second kappa shape index (κ2) is 5.88. The normalized spacial score (nSPS) is 26.6. The summed E-state index contributed by atoms with van der Waals surface area (Å²) < 4.78 is 0. The van der Waals surface area contributed by atoms with Crippen molar-refractivity contribution in [2.45, 2.75) is 58.3 Å². The Hall–Kier alpha value is -0.830. The number of hydrogen-bond donors (Lipinski definition) is 1. The maximum Gasteiger partial charge on any atom is 0.137 e. The largest absolute Gasteiger partial charge is 0.369 e. The van der Waals surface area contributed by atoms with E-state index < -0.39 is 0 Å². The van der Waals surface area contributed by atoms with Crippen molar-refractivity contribution in [3.63, 3.8) is 0 Å². The summed E-state index contributed by atoms with van der Waals surface area (Å²) in [6.45, 7) is 5.39. The zero-order valence-corrected chi connectivity index (χ0v) is 13.2. The lowest BCUT2D eigenvalue weighted by Crippen LogP contribution is -2.22. The molecule has 3 nitrogen and oxygen atoms in total. The lowest BCUT2D eigenvalue weighted by atomic mass is 9.82. The highest BCUT2D eigenvalue weighted by molar-refractivity contribution is 6.30. The Morgan fingerprint density at radius 1 is 1.20 bits per heavy atom. The minimum atomic E-state index is 0.545. The molecule has 0 amide bonds. The molecule has 2 fully saturated rings. The molecule has 0 aliphatic heterocycles. The second-order valence-corrected chi connectivity index (χ2v) is 7.00. The Morgan fingerprint density at radius 2 is 2.00 bits per heavy atom. The van der Waals surface area contributed by atoms with Crippen LogP contribution in [0.25, 0.3) is 0 Å². The van der Waals surface area contributed by atoms with Gasteiger partial charge in [0.2, 0.25) is 0 Å². The molecule has 0 spiro atoms. The zero-order valence-electron chi connectivity index (χ0n) is 12.5. The quantitative estimate of drug-likeness (QED) is 0.827. The summed E-state index contributed by atoms with van der Waals surface area (Å²) in [6.07, 6.45) is 7.84. The number of hydrogen-bond acceptors (Lipinski definition) is 3. The maximum absolute atomic E-state index is 6.24. The van der Waals surface area contributed by atoms with Crippen LogP contribution < -0.4 is 5.32 Å². The number of nitrogens with one attached hydrogen (secondary N) is 1. The summed E-state index contributed by atoms with van der Waals surface area (Å²) in [6, 6.07) is 0. The Balaban J connectivity index is 1.66. The van der Waals surface area contributed by atoms with Crippen molar-refractivity contribution in [3.05, 3.63) is 16.5 Å². The van der Waals surface area contributed by atoms with E-state index in [-0.39, 0.29) is 0 Å². The molecule has 4 heteroatoms. The Kier molecular flexibility index (Phi) is 4.16. The van der Waals surface area contributed by atoms with Gasteiger partial charge < -0.3 is 5.32 Å². The molecule has 2 atom stereocenters. The van der Waals surface area contributed by atoms with Crippen molar-refractivity contribution in [2.75, 3.05) is 11.9 Å². The fourth-order valence-electron chi connectivity index (χ4n) is 3.19. The van der Waals surface area contributed by atoms with Crippen LogP contribution >= 0.6 is 11.6 Å². The third-order valence-electron chi connectivity index (χ3n) is 4.65. The Labute approximate surface area is 126 Å². The Morgan fingerprint density at radius 3 is 2.70 bits per heavy atom. The highest BCUT2D eigenvalue weighted by atomic mass is 35.5. The minimum absolute atomic E-state index is 0.545. The van der Waals surface area contributed by atoms with Crippen LogP contribution in [0.3, 0.4) is 0 Å². The van der Waals surface area contributed by atoms with Crippen LogP contribution in [0.4, 0.5) is 5.82 Å². The molecule has 20 heavy (non-hydrogen) atoms. The van der Waals surface area contributed by atoms with Gasteiger partial charge in [-0.15, -0.1) is 0 Å². The van der Waals surface area contributed by atoms with E-state index in [1.165, 1.54) is 38.5 Å². The molecule has 1 heterocycles. The van der Waals surface area contributed by atoms with Gasteiger partial charge in [0.05, 0.1) is 0 Å². The fraction of sp³-hybridized carbons (Fsp3) is 0.750. The Bertz CT molecular complexity index is 485. The number of aromatic nitrogens is 2. The van der Waals surface area contributed by atoms with Crippen molar-refractivity contribution in [2.24, 2.45) is 11.8 Å². The van der Waals surface area contributed by atoms with E-state index in [9.17, 15) is 0 Å². The number of anilines is 1. The van der Waals surface area contributed by atoms with Crippen LogP contribution in [-0.2, 0) is 0 Å². The maximum atomic E-state index is 6.24. The standard InChI is InChI=1S/C16H24ClN3/c1-10-4-3-5-12(8-10)9-18-15-11(2)14(17)19-16(20-15)13-6-7-13/h10,12-13H,3-9H2,1-2H3,(H,18,19,20). The number of halogens is 1. The molecule has 2 aliphatic rings. The zero-order chi connectivity index (χ0) is 14.1. The minimum Gasteiger partial charge on any atom is -0.369 e. The van der Waals surface area contributed by atoms with Gasteiger partial charge in [-0.1, -0.05) is 31.4 Å². The van der Waals surface area contributed by atoms with Gasteiger partial charge in [0.25, 0.3) is 0 Å². The molecule has 2 aliphatic carbocycles. The first-order valence-corrected chi connectivity index (χ1v) is 8.29. The van der Waals surface area contributed by atoms with E-state index in [2.05, 4.69) is 17.2 Å². The van der Waals surface area contributed by atoms with E-state index in [1.807, 2.05) is 6.92 Å². The van der Waals surface area contributed by atoms with Crippen molar-refractivity contribution in [1.82, 2.24) is 9.97 Å². The summed E-state index contributed by atoms with van der Waals surface area (Å²) in [4.78, 5) is 9.11. The lowest BCUT2D eigenvalue weighted by molar-refractivity contribution is 0.293. The summed E-state index contributed by atoms with van der Waals surface area (Å²) in [5.41, 5.74) is 0.986. The molecule has 2 unspecified atom stereocenters. The van der Waals surface area contributed by atoms with E-state index >= 15 is 0 Å². The molecule has 0 radical (unpaired) electrons. The predicted molar refractivity (Wildman–Crippen MR) is 83.4 cm³/mol. The van der Waals surface area contributed by atoms with Gasteiger partial charge >= 0.3 is 0 Å². The molecule has 3 rings (SSSR count). The van der Waals surface area contributed by atoms with Gasteiger partial charge in [-0.2, -0.15) is 0 Å². The van der Waals surface area contributed by atoms with Gasteiger partial charge in [0.1, 0.15) is 16.8 Å². The van der Waals surface area contributed by atoms with Crippen LogP contribution in [0, 0.1) is 18.8 Å². The van der Waals surface area contributed by atoms with E-state index in [0.717, 1.165) is 35.6 Å². The summed E-state index contributed by atoms with van der Waals surface area (Å²) in [7, 11) is 0. The summed E-state index contributed by atoms with van der Waals surface area (Å²) in [5.74, 6) is 4.07. The second-order valence-electron chi connectivity index (χ2n) is 6.64. The third-order valence-corrected chi connectivity index (χ3v) is 5.02. The van der Waals surface area contributed by atoms with Gasteiger partial charge in [-0.25, -0.2) is 9.97 Å². The fourth-order valence-corrected chi connectivity index (χ4v) is 3.36. The average molecular weight is 294 g/mol. The van der Waals surface area contributed by atoms with Crippen molar-refractivity contribution in [1.29, 1.82) is 0 Å². The van der Waals surface area contributed by atoms with Crippen molar-refractivity contribution in [3.8, 4) is 0 Å². The molecule has 1 aromatic heterocycles. The SMILES string of the molecule is Cc1c(Cl)nc(C2CC2)nc1NCC1CCCC(C)C1. The van der Waals surface area contributed by atoms with Gasteiger partial charge in [-0.3, -0.25) is 0 Å². The molecule has 0 aromatic carbocycles. The molecule has 110 valence electrons. The topological polar surface area (TPSA) is 37.8 Å². The van der Waals surface area contributed by atoms with Crippen LogP contribution in [-0.4, -0.2) is 16.5 Å². The molecular formula is C16H24ClN3. The number of rotatable bonds is 4. The number of nitrogens with zero attached hydrogens (tertiary/aromatic N) is 2. The summed E-state index contributed by atoms with van der Waals surface area (Å²) in [5, 5.41) is 4.14. The molecular weight excluding hydrogens is 270 g/mol. The average Bonchev–Trinajstić information content (AvgIpc) is 3.25. The van der Waals surface area contributed by atoms with Gasteiger partial charge in [0.15, 0.2) is 0 Å². The molecule has 1 aromatic rings. The first kappa shape index (κ1) is 14.1. The van der Waals surface area contributed by atoms with Gasteiger partial charge in [0, 0.05) is 18.0 Å². The molecule has 1 N–H and O–H groups in total. The summed E-state index contributed by atoms with van der Waals surface area (Å²) >= 11 is 6.24. The molecule has 2 saturated carbocycles. The monoisotopic (exact) mass is 293 g/mol. The first-order valence-electron chi connectivity index (χ1n) is 7.91.